The number of methoxy groups -OCH3 is 2. The molecule has 0 spiro atoms. The Morgan fingerprint density at radius 2 is 1.55 bits per heavy atom. The molecule has 13 nitrogen and oxygen atoms in total. The highest BCUT2D eigenvalue weighted by Gasteiger charge is 2.55. The summed E-state index contributed by atoms with van der Waals surface area (Å²) in [6.07, 6.45) is -8.35. The molecular formula is C27H30O13. The smallest absolute Gasteiger partial charge is 0.310 e. The zero-order chi connectivity index (χ0) is 28.3. The largest absolute Gasteiger partial charge is 0.502 e. The van der Waals surface area contributed by atoms with Gasteiger partial charge in [-0.25, -0.2) is 0 Å². The number of carbonyl (C=O) groups is 1. The van der Waals surface area contributed by atoms with E-state index in [0.29, 0.717) is 28.2 Å². The first-order valence-corrected chi connectivity index (χ1v) is 12.8. The van der Waals surface area contributed by atoms with Crippen LogP contribution >= 0.6 is 0 Å². The number of cyclic esters (lactones) is 1. The van der Waals surface area contributed by atoms with E-state index < -0.39 is 67.1 Å². The highest BCUT2D eigenvalue weighted by molar-refractivity contribution is 5.79. The predicted molar refractivity (Wildman–Crippen MR) is 131 cm³/mol. The lowest BCUT2D eigenvalue weighted by atomic mass is 9.66. The molecule has 216 valence electrons. The predicted octanol–water partition coefficient (Wildman–Crippen LogP) is -0.0696. The summed E-state index contributed by atoms with van der Waals surface area (Å²) in [5.74, 6) is -1.43. The first-order valence-electron chi connectivity index (χ1n) is 12.8. The van der Waals surface area contributed by atoms with Crippen molar-refractivity contribution in [3.63, 3.8) is 0 Å². The van der Waals surface area contributed by atoms with Crippen LogP contribution in [0.15, 0.2) is 24.3 Å². The molecule has 0 aromatic heterocycles. The number of aliphatic hydroxyl groups is 4. The minimum Gasteiger partial charge on any atom is -0.502 e. The maximum Gasteiger partial charge on any atom is 0.310 e. The van der Waals surface area contributed by atoms with E-state index >= 15 is 0 Å². The molecule has 40 heavy (non-hydrogen) atoms. The molecule has 4 aliphatic rings. The molecule has 2 saturated heterocycles. The van der Waals surface area contributed by atoms with Gasteiger partial charge in [-0.2, -0.15) is 0 Å². The summed E-state index contributed by atoms with van der Waals surface area (Å²) in [5, 5.41) is 51.4. The summed E-state index contributed by atoms with van der Waals surface area (Å²) >= 11 is 0. The zero-order valence-electron chi connectivity index (χ0n) is 21.6. The lowest BCUT2D eigenvalue weighted by Crippen LogP contribution is -2.59. The lowest BCUT2D eigenvalue weighted by Gasteiger charge is -2.44. The number of fused-ring (bicyclic) bond motifs is 3. The van der Waals surface area contributed by atoms with Crippen molar-refractivity contribution in [2.45, 2.75) is 42.7 Å². The first kappa shape index (κ1) is 26.9. The molecule has 9 atom stereocenters. The SMILES string of the molecule is COc1cc(C2c3cc4c(cc3[C@@H](O[C@@H]3OC(CO)[C@@H](O)[C@H](O)C3O)[C@H]3COC(=O)[C@H]23)OCO4)cc(OC)c1O. The van der Waals surface area contributed by atoms with Crippen LogP contribution in [0.3, 0.4) is 0 Å². The topological polar surface area (TPSA) is 183 Å². The van der Waals surface area contributed by atoms with Gasteiger partial charge in [0.1, 0.15) is 24.4 Å². The number of rotatable bonds is 6. The quantitative estimate of drug-likeness (QED) is 0.295. The third-order valence-corrected chi connectivity index (χ3v) is 8.11. The number of ether oxygens (including phenoxy) is 7. The number of aromatic hydroxyl groups is 1. The van der Waals surface area contributed by atoms with Crippen LogP contribution in [0, 0.1) is 11.8 Å². The Labute approximate surface area is 228 Å². The van der Waals surface area contributed by atoms with Crippen molar-refractivity contribution in [3.05, 3.63) is 41.0 Å². The Kier molecular flexibility index (Phi) is 6.89. The second kappa shape index (κ2) is 10.3. The summed E-state index contributed by atoms with van der Waals surface area (Å²) in [6.45, 7) is -0.635. The van der Waals surface area contributed by atoms with E-state index in [4.69, 9.17) is 33.2 Å². The molecule has 5 N–H and O–H groups in total. The summed E-state index contributed by atoms with van der Waals surface area (Å²) < 4.78 is 39.4. The first-order chi connectivity index (χ1) is 19.3. The molecule has 13 heteroatoms. The van der Waals surface area contributed by atoms with Gasteiger partial charge in [-0.15, -0.1) is 0 Å². The minimum atomic E-state index is -1.64. The average Bonchev–Trinajstić information content (AvgIpc) is 3.58. The number of aliphatic hydroxyl groups excluding tert-OH is 4. The number of esters is 1. The fraction of sp³-hybridized carbons (Fsp3) is 0.519. The van der Waals surface area contributed by atoms with Crippen LogP contribution in [-0.2, 0) is 19.0 Å². The van der Waals surface area contributed by atoms with Gasteiger partial charge in [0.25, 0.3) is 0 Å². The summed E-state index contributed by atoms with van der Waals surface area (Å²) in [6, 6.07) is 6.73. The number of phenolic OH excluding ortho intramolecular Hbond substituents is 1. The van der Waals surface area contributed by atoms with Crippen LogP contribution in [0.4, 0.5) is 0 Å². The lowest BCUT2D eigenvalue weighted by molar-refractivity contribution is -0.317. The van der Waals surface area contributed by atoms with Gasteiger partial charge >= 0.3 is 5.97 Å². The normalized spacial score (nSPS) is 34.1. The molecule has 3 aliphatic heterocycles. The Morgan fingerprint density at radius 1 is 0.900 bits per heavy atom. The average molecular weight is 563 g/mol. The molecule has 0 saturated carbocycles. The van der Waals surface area contributed by atoms with Crippen LogP contribution in [0.1, 0.15) is 28.7 Å². The van der Waals surface area contributed by atoms with Crippen molar-refractivity contribution in [3.8, 4) is 28.7 Å². The summed E-state index contributed by atoms with van der Waals surface area (Å²) in [7, 11) is 2.81. The number of hydrogen-bond donors (Lipinski definition) is 5. The number of hydrogen-bond acceptors (Lipinski definition) is 13. The molecular weight excluding hydrogens is 532 g/mol. The van der Waals surface area contributed by atoms with Gasteiger partial charge in [0.2, 0.25) is 12.5 Å². The van der Waals surface area contributed by atoms with Crippen molar-refractivity contribution < 1.29 is 63.5 Å². The highest BCUT2D eigenvalue weighted by Crippen LogP contribution is 2.57. The molecule has 0 amide bonds. The van der Waals surface area contributed by atoms with Crippen molar-refractivity contribution >= 4 is 5.97 Å². The number of carbonyl (C=O) groups excluding carboxylic acids is 1. The Bertz CT molecular complexity index is 1270. The van der Waals surface area contributed by atoms with Crippen molar-refractivity contribution in [1.82, 2.24) is 0 Å². The highest BCUT2D eigenvalue weighted by atomic mass is 16.7. The van der Waals surface area contributed by atoms with Gasteiger partial charge in [0.15, 0.2) is 29.3 Å². The maximum atomic E-state index is 13.3. The second-order valence-corrected chi connectivity index (χ2v) is 10.2. The zero-order valence-corrected chi connectivity index (χ0v) is 21.6. The van der Waals surface area contributed by atoms with Crippen LogP contribution < -0.4 is 18.9 Å². The van der Waals surface area contributed by atoms with E-state index in [1.165, 1.54) is 14.2 Å². The Morgan fingerprint density at radius 3 is 2.17 bits per heavy atom. The van der Waals surface area contributed by atoms with E-state index in [1.807, 2.05) is 0 Å². The fourth-order valence-electron chi connectivity index (χ4n) is 6.10. The van der Waals surface area contributed by atoms with Gasteiger partial charge in [-0.05, 0) is 41.0 Å². The van der Waals surface area contributed by atoms with E-state index in [9.17, 15) is 30.3 Å². The Hall–Kier alpha value is -3.33. The molecule has 6 rings (SSSR count). The van der Waals surface area contributed by atoms with Crippen molar-refractivity contribution in [2.75, 3.05) is 34.2 Å². The Balaban J connectivity index is 1.48. The molecule has 0 radical (unpaired) electrons. The monoisotopic (exact) mass is 562 g/mol. The van der Waals surface area contributed by atoms with Crippen LogP contribution in [0.2, 0.25) is 0 Å². The molecule has 0 bridgehead atoms. The summed E-state index contributed by atoms with van der Waals surface area (Å²) in [4.78, 5) is 13.3. The minimum absolute atomic E-state index is 0.00309. The van der Waals surface area contributed by atoms with Gasteiger partial charge in [0.05, 0.1) is 39.5 Å². The molecule has 2 fully saturated rings. The van der Waals surface area contributed by atoms with E-state index in [1.54, 1.807) is 24.3 Å². The van der Waals surface area contributed by atoms with E-state index in [0.717, 1.165) is 0 Å². The molecule has 2 aromatic rings. The van der Waals surface area contributed by atoms with Gasteiger partial charge < -0.3 is 58.7 Å². The molecule has 1 aliphatic carbocycles. The summed E-state index contributed by atoms with van der Waals surface area (Å²) in [5.41, 5.74) is 1.83. The second-order valence-electron chi connectivity index (χ2n) is 10.2. The van der Waals surface area contributed by atoms with Gasteiger partial charge in [-0.3, -0.25) is 4.79 Å². The van der Waals surface area contributed by atoms with Crippen LogP contribution in [0.25, 0.3) is 0 Å². The third-order valence-electron chi connectivity index (χ3n) is 8.11. The standard InChI is InChI=1S/C27H30O13/c1-34-16-3-10(4-17(35-2)21(16)29)19-11-5-14-15(38-9-37-14)6-12(11)25(13-8-36-26(33)20(13)19)40-27-24(32)23(31)22(30)18(7-28)39-27/h3-6,13,18-20,22-25,27-32H,7-9H2,1-2H3/t13-,18?,19?,20-,22+,23-,24?,25+,27-/m0/s1. The van der Waals surface area contributed by atoms with Crippen molar-refractivity contribution in [1.29, 1.82) is 0 Å². The van der Waals surface area contributed by atoms with Crippen LogP contribution in [-0.4, -0.2) is 96.4 Å². The van der Waals surface area contributed by atoms with Gasteiger partial charge in [-0.1, -0.05) is 0 Å². The van der Waals surface area contributed by atoms with Crippen LogP contribution in [0.5, 0.6) is 28.7 Å². The van der Waals surface area contributed by atoms with E-state index in [-0.39, 0.29) is 30.6 Å². The molecule has 3 heterocycles. The number of phenols is 1. The third kappa shape index (κ3) is 4.12. The maximum absolute atomic E-state index is 13.3. The van der Waals surface area contributed by atoms with Crippen molar-refractivity contribution in [2.24, 2.45) is 11.8 Å². The fourth-order valence-corrected chi connectivity index (χ4v) is 6.10. The number of benzene rings is 2. The molecule has 3 unspecified atom stereocenters. The van der Waals surface area contributed by atoms with E-state index in [2.05, 4.69) is 0 Å². The molecule has 2 aromatic carbocycles. The van der Waals surface area contributed by atoms with Gasteiger partial charge in [0, 0.05) is 11.8 Å².